The molecule has 3 aliphatic rings. The van der Waals surface area contributed by atoms with Crippen LogP contribution in [0.5, 0.6) is 0 Å². The number of alkyl halides is 1. The van der Waals surface area contributed by atoms with Gasteiger partial charge in [0.2, 0.25) is 5.91 Å². The first-order valence-corrected chi connectivity index (χ1v) is 25.1. The van der Waals surface area contributed by atoms with Gasteiger partial charge in [-0.2, -0.15) is 0 Å². The number of nitrogens with one attached hydrogen (secondary N) is 1. The van der Waals surface area contributed by atoms with E-state index in [4.69, 9.17) is 23.7 Å². The van der Waals surface area contributed by atoms with E-state index in [2.05, 4.69) is 15.3 Å². The second-order valence-corrected chi connectivity index (χ2v) is 20.8. The van der Waals surface area contributed by atoms with Gasteiger partial charge in [0.05, 0.1) is 41.8 Å². The first-order chi connectivity index (χ1) is 34.0. The van der Waals surface area contributed by atoms with Crippen molar-refractivity contribution < 1.29 is 57.2 Å². The number of benzene rings is 1. The number of ketones is 2. The Kier molecular flexibility index (Phi) is 18.5. The Balaban J connectivity index is 1.25. The lowest BCUT2D eigenvalue weighted by atomic mass is 9.73. The lowest BCUT2D eigenvalue weighted by Gasteiger charge is -2.47. The molecule has 13 atom stereocenters. The van der Waals surface area contributed by atoms with E-state index in [9.17, 15) is 29.1 Å². The average Bonchev–Trinajstić information content (AvgIpc) is 3.61. The zero-order valence-corrected chi connectivity index (χ0v) is 43.7. The number of esters is 1. The molecule has 0 unspecified atom stereocenters. The molecule has 394 valence electrons. The number of aliphatic hydroxyl groups excluding tert-OH is 1. The van der Waals surface area contributed by atoms with Crippen molar-refractivity contribution in [1.29, 1.82) is 0 Å². The van der Waals surface area contributed by atoms with Gasteiger partial charge in [0.15, 0.2) is 17.7 Å². The Morgan fingerprint density at radius 2 is 1.56 bits per heavy atom. The summed E-state index contributed by atoms with van der Waals surface area (Å²) >= 11 is 0. The van der Waals surface area contributed by atoms with Crippen LogP contribution in [0, 0.1) is 17.8 Å². The summed E-state index contributed by atoms with van der Waals surface area (Å²) in [4.78, 5) is 85.3. The second kappa shape index (κ2) is 23.7. The molecule has 0 bridgehead atoms. The first kappa shape index (κ1) is 56.1. The minimum Gasteiger partial charge on any atom is -0.455 e. The van der Waals surface area contributed by atoms with Gasteiger partial charge in [0.1, 0.15) is 18.0 Å². The standard InChI is InChI=1S/C54H75FN6O11/c1-12-17-42-54(8)46(61(51(67)72-54)27-24-37-20-22-38(23-21-37)58-43(62)32-60(30-39-18-13-15-25-56-39)31-40-19-14-16-26-57-40)35(4)44(63)33(2)29-52(6,68-11)48(36(5)47(65)53(7,55)50(66)70-42)71-49-45(64)41(59(9)10)28-34(3)69-49/h13-16,18-23,25-26,33-36,41-42,45-46,48-49,64H,12,17,24,27-32H2,1-11H3,(H,58,62)/t33-,34-,35+,36+,41+,42-,45-,46+,48-,49-,52+,53-,54-/m1/s1. The molecule has 0 radical (unpaired) electrons. The number of carbonyl (C=O) groups is 5. The Bertz CT molecular complexity index is 2290. The number of rotatable bonds is 16. The van der Waals surface area contributed by atoms with Crippen LogP contribution in [0.2, 0.25) is 0 Å². The predicted molar refractivity (Wildman–Crippen MR) is 266 cm³/mol. The number of Topliss-reactive ketones (excluding diaryl/α,β-unsaturated/α-hetero) is 2. The maximum Gasteiger partial charge on any atom is 0.410 e. The number of likely N-dealkylation sites (N-methyl/N-ethyl adjacent to an activating group) is 1. The topological polar surface area (TPSA) is 199 Å². The van der Waals surface area contributed by atoms with Crippen molar-refractivity contribution in [1.82, 2.24) is 24.7 Å². The van der Waals surface area contributed by atoms with Gasteiger partial charge in [0.25, 0.3) is 5.67 Å². The highest BCUT2D eigenvalue weighted by Gasteiger charge is 2.62. The summed E-state index contributed by atoms with van der Waals surface area (Å²) in [7, 11) is 5.03. The molecule has 0 saturated carbocycles. The molecule has 18 heteroatoms. The Hall–Kier alpha value is -5.24. The number of halogens is 1. The number of aliphatic hydroxyl groups is 1. The van der Waals surface area contributed by atoms with Crippen LogP contribution in [0.1, 0.15) is 98.0 Å². The lowest BCUT2D eigenvalue weighted by Crippen LogP contribution is -2.62. The fourth-order valence-electron chi connectivity index (χ4n) is 10.8. The summed E-state index contributed by atoms with van der Waals surface area (Å²) in [6.07, 6.45) is -1.46. The van der Waals surface area contributed by atoms with E-state index in [0.717, 1.165) is 23.9 Å². The van der Waals surface area contributed by atoms with E-state index in [-0.39, 0.29) is 49.8 Å². The van der Waals surface area contributed by atoms with Crippen molar-refractivity contribution in [2.75, 3.05) is 39.6 Å². The third-order valence-electron chi connectivity index (χ3n) is 14.8. The zero-order chi connectivity index (χ0) is 52.7. The van der Waals surface area contributed by atoms with Gasteiger partial charge in [-0.05, 0) is 109 Å². The molecule has 6 rings (SSSR count). The third kappa shape index (κ3) is 12.7. The number of anilines is 1. The van der Waals surface area contributed by atoms with E-state index in [1.54, 1.807) is 52.2 Å². The first-order valence-electron chi connectivity index (χ1n) is 25.1. The van der Waals surface area contributed by atoms with Crippen molar-refractivity contribution >= 4 is 35.2 Å². The molecule has 3 fully saturated rings. The van der Waals surface area contributed by atoms with Crippen LogP contribution in [0.4, 0.5) is 14.9 Å². The number of aromatic nitrogens is 2. The highest BCUT2D eigenvalue weighted by molar-refractivity contribution is 6.08. The second-order valence-electron chi connectivity index (χ2n) is 20.8. The lowest BCUT2D eigenvalue weighted by molar-refractivity contribution is -0.295. The largest absolute Gasteiger partial charge is 0.455 e. The molecule has 2 aromatic heterocycles. The molecule has 17 nitrogen and oxygen atoms in total. The van der Waals surface area contributed by atoms with Crippen molar-refractivity contribution in [2.45, 2.75) is 160 Å². The molecule has 72 heavy (non-hydrogen) atoms. The van der Waals surface area contributed by atoms with Crippen LogP contribution < -0.4 is 5.32 Å². The molecular formula is C54H75FN6O11. The van der Waals surface area contributed by atoms with E-state index in [1.165, 1.54) is 18.9 Å². The smallest absolute Gasteiger partial charge is 0.410 e. The number of ether oxygens (including phenoxy) is 5. The zero-order valence-electron chi connectivity index (χ0n) is 43.7. The number of hydrogen-bond donors (Lipinski definition) is 2. The molecule has 0 aliphatic carbocycles. The van der Waals surface area contributed by atoms with Gasteiger partial charge in [-0.3, -0.25) is 34.2 Å². The molecule has 1 aromatic carbocycles. The maximum atomic E-state index is 17.2. The molecule has 3 saturated heterocycles. The van der Waals surface area contributed by atoms with E-state index < -0.39 is 83.1 Å². The molecule has 2 N–H and O–H groups in total. The number of methoxy groups -OCH3 is 1. The molecule has 3 aromatic rings. The average molecular weight is 1000 g/mol. The fraction of sp³-hybridized carbons (Fsp3) is 0.611. The number of cyclic esters (lactones) is 1. The summed E-state index contributed by atoms with van der Waals surface area (Å²) in [5.41, 5.74) is -3.37. The van der Waals surface area contributed by atoms with Crippen molar-refractivity contribution in [3.63, 3.8) is 0 Å². The van der Waals surface area contributed by atoms with Gasteiger partial charge >= 0.3 is 12.1 Å². The van der Waals surface area contributed by atoms with Gasteiger partial charge in [-0.15, -0.1) is 0 Å². The molecule has 0 spiro atoms. The highest BCUT2D eigenvalue weighted by Crippen LogP contribution is 2.44. The quantitative estimate of drug-likeness (QED) is 0.119. The monoisotopic (exact) mass is 1000 g/mol. The normalized spacial score (nSPS) is 32.8. The van der Waals surface area contributed by atoms with E-state index >= 15 is 4.39 Å². The van der Waals surface area contributed by atoms with Crippen LogP contribution in [0.25, 0.3) is 0 Å². The Morgan fingerprint density at radius 1 is 0.931 bits per heavy atom. The third-order valence-corrected chi connectivity index (χ3v) is 14.8. The number of carbonyl (C=O) groups excluding carboxylic acids is 5. The van der Waals surface area contributed by atoms with E-state index in [0.29, 0.717) is 38.0 Å². The Labute approximate surface area is 423 Å². The van der Waals surface area contributed by atoms with Crippen molar-refractivity contribution in [2.24, 2.45) is 17.8 Å². The van der Waals surface area contributed by atoms with Crippen LogP contribution >= 0.6 is 0 Å². The number of fused-ring (bicyclic) bond motifs is 1. The highest BCUT2D eigenvalue weighted by atomic mass is 19.1. The van der Waals surface area contributed by atoms with Gasteiger partial charge < -0.3 is 39.0 Å². The number of hydrogen-bond acceptors (Lipinski definition) is 15. The summed E-state index contributed by atoms with van der Waals surface area (Å²) in [6.45, 7) is 13.6. The van der Waals surface area contributed by atoms with Crippen LogP contribution in [-0.2, 0) is 62.4 Å². The van der Waals surface area contributed by atoms with Gasteiger partial charge in [0, 0.05) is 68.6 Å². The van der Waals surface area contributed by atoms with Crippen molar-refractivity contribution in [3.05, 3.63) is 90.0 Å². The fourth-order valence-corrected chi connectivity index (χ4v) is 10.8. The Morgan fingerprint density at radius 3 is 2.11 bits per heavy atom. The molecule has 2 amide bonds. The van der Waals surface area contributed by atoms with Crippen LogP contribution in [0.15, 0.2) is 73.1 Å². The van der Waals surface area contributed by atoms with Crippen LogP contribution in [0.3, 0.4) is 0 Å². The maximum absolute atomic E-state index is 17.2. The minimum absolute atomic E-state index is 0.0378. The predicted octanol–water partition coefficient (Wildman–Crippen LogP) is 6.35. The number of nitrogens with zero attached hydrogens (tertiary/aromatic N) is 5. The number of pyridine rings is 2. The van der Waals surface area contributed by atoms with E-state index in [1.807, 2.05) is 86.3 Å². The molecule has 3 aliphatic heterocycles. The SMILES string of the molecule is CCC[C@H]1OC(=O)[C@](C)(F)C(=O)[C@H](C)[C@@H](O[C@H]2O[C@H](C)C[C@H](N(C)C)[C@H]2O)[C@@](C)(OC)C[C@@H](C)C(=O)[C@H](C)[C@@H]2N(CCc3ccc(NC(=O)CN(Cc4ccccn4)Cc4ccccn4)cc3)C(=O)O[C@@]21C. The summed E-state index contributed by atoms with van der Waals surface area (Å²) in [5.74, 6) is -6.25. The minimum atomic E-state index is -3.22. The number of amides is 2. The molecular weight excluding hydrogens is 928 g/mol. The van der Waals surface area contributed by atoms with Gasteiger partial charge in [-0.25, -0.2) is 14.0 Å². The molecule has 5 heterocycles. The van der Waals surface area contributed by atoms with Gasteiger partial charge in [-0.1, -0.05) is 58.4 Å². The van der Waals surface area contributed by atoms with Crippen LogP contribution in [-0.4, -0.2) is 153 Å². The van der Waals surface area contributed by atoms with Crippen molar-refractivity contribution in [3.8, 4) is 0 Å². The summed E-state index contributed by atoms with van der Waals surface area (Å²) in [6, 6.07) is 17.1. The summed E-state index contributed by atoms with van der Waals surface area (Å²) < 4.78 is 48.1. The summed E-state index contributed by atoms with van der Waals surface area (Å²) in [5, 5.41) is 14.5.